The first-order valence-corrected chi connectivity index (χ1v) is 7.18. The van der Waals surface area contributed by atoms with E-state index in [2.05, 4.69) is 10.3 Å². The molecule has 2 heterocycles. The summed E-state index contributed by atoms with van der Waals surface area (Å²) < 4.78 is 7.12. The molecule has 114 valence electrons. The van der Waals surface area contributed by atoms with Crippen LogP contribution in [-0.4, -0.2) is 33.6 Å². The van der Waals surface area contributed by atoms with E-state index in [1.807, 2.05) is 29.8 Å². The molecule has 1 amide bonds. The lowest BCUT2D eigenvalue weighted by Gasteiger charge is -2.25. The first kappa shape index (κ1) is 14.3. The first-order valence-electron chi connectivity index (χ1n) is 7.18. The maximum atomic E-state index is 12.3. The van der Waals surface area contributed by atoms with E-state index < -0.39 is 12.1 Å². The van der Waals surface area contributed by atoms with Crippen LogP contribution in [0.4, 0.5) is 0 Å². The van der Waals surface area contributed by atoms with Crippen molar-refractivity contribution in [2.75, 3.05) is 0 Å². The number of aromatic nitrogens is 2. The fourth-order valence-electron chi connectivity index (χ4n) is 2.57. The quantitative estimate of drug-likeness (QED) is 0.860. The number of benzene rings is 1. The zero-order valence-corrected chi connectivity index (χ0v) is 12.2. The zero-order chi connectivity index (χ0) is 15.5. The number of ether oxygens (including phenoxy) is 1. The molecule has 0 radical (unpaired) electrons. The number of nitrogens with one attached hydrogen (secondary N) is 1. The monoisotopic (exact) mass is 299 g/mol. The molecule has 0 unspecified atom stereocenters. The van der Waals surface area contributed by atoms with Crippen molar-refractivity contribution in [3.63, 3.8) is 0 Å². The van der Waals surface area contributed by atoms with Gasteiger partial charge in [-0.3, -0.25) is 4.79 Å². The van der Waals surface area contributed by atoms with Crippen molar-refractivity contribution < 1.29 is 14.3 Å². The minimum absolute atomic E-state index is 0.0856. The van der Waals surface area contributed by atoms with Crippen LogP contribution in [0, 0.1) is 0 Å². The van der Waals surface area contributed by atoms with E-state index in [1.54, 1.807) is 24.7 Å². The molecule has 1 aromatic carbocycles. The first-order chi connectivity index (χ1) is 10.6. The third-order valence-electron chi connectivity index (χ3n) is 3.62. The van der Waals surface area contributed by atoms with E-state index >= 15 is 0 Å². The van der Waals surface area contributed by atoms with Gasteiger partial charge in [0.15, 0.2) is 6.10 Å². The smallest absolute Gasteiger partial charge is 0.339 e. The van der Waals surface area contributed by atoms with Gasteiger partial charge in [0.2, 0.25) is 0 Å². The second-order valence-electron chi connectivity index (χ2n) is 5.42. The molecule has 1 aromatic heterocycles. The average molecular weight is 299 g/mol. The van der Waals surface area contributed by atoms with Gasteiger partial charge >= 0.3 is 5.97 Å². The Hall–Kier alpha value is -2.63. The summed E-state index contributed by atoms with van der Waals surface area (Å²) in [5, 5.41) is 2.87. The van der Waals surface area contributed by atoms with Crippen LogP contribution in [0.1, 0.15) is 22.8 Å². The molecule has 1 aliphatic rings. The number of carbonyl (C=O) groups excluding carboxylic acids is 2. The third-order valence-corrected chi connectivity index (χ3v) is 3.62. The molecule has 1 aliphatic heterocycles. The fourth-order valence-corrected chi connectivity index (χ4v) is 2.57. The summed E-state index contributed by atoms with van der Waals surface area (Å²) in [5.41, 5.74) is 1.39. The third kappa shape index (κ3) is 3.00. The average Bonchev–Trinajstić information content (AvgIpc) is 3.00. The molecule has 6 nitrogen and oxygen atoms in total. The Morgan fingerprint density at radius 2 is 2.32 bits per heavy atom. The van der Waals surface area contributed by atoms with E-state index in [4.69, 9.17) is 4.74 Å². The maximum Gasteiger partial charge on any atom is 0.339 e. The standard InChI is InChI=1S/C16H17N3O3/c1-11(9-19-7-6-17-10-19)18-15(20)14-8-12-4-2-3-5-13(12)16(21)22-14/h2-7,10-11,14H,8-9H2,1H3,(H,18,20)/t11-,14+/m1/s1. The van der Waals surface area contributed by atoms with Crippen molar-refractivity contribution in [3.05, 3.63) is 54.1 Å². The number of nitrogens with zero attached hydrogens (tertiary/aromatic N) is 2. The number of rotatable bonds is 4. The maximum absolute atomic E-state index is 12.3. The van der Waals surface area contributed by atoms with Crippen molar-refractivity contribution >= 4 is 11.9 Å². The van der Waals surface area contributed by atoms with Crippen LogP contribution in [0.2, 0.25) is 0 Å². The molecular weight excluding hydrogens is 282 g/mol. The highest BCUT2D eigenvalue weighted by molar-refractivity contribution is 5.95. The molecule has 3 rings (SSSR count). The topological polar surface area (TPSA) is 73.2 Å². The number of cyclic esters (lactones) is 1. The minimum atomic E-state index is -0.771. The normalized spacial score (nSPS) is 18.2. The molecule has 0 saturated carbocycles. The zero-order valence-electron chi connectivity index (χ0n) is 12.2. The Balaban J connectivity index is 1.62. The van der Waals surface area contributed by atoms with Crippen LogP contribution in [-0.2, 0) is 22.5 Å². The lowest BCUT2D eigenvalue weighted by Crippen LogP contribution is -2.46. The summed E-state index contributed by atoms with van der Waals surface area (Å²) in [5.74, 6) is -0.709. The second-order valence-corrected chi connectivity index (χ2v) is 5.42. The van der Waals surface area contributed by atoms with Gasteiger partial charge in [0.25, 0.3) is 5.91 Å². The van der Waals surface area contributed by atoms with Crippen molar-refractivity contribution in [3.8, 4) is 0 Å². The SMILES string of the molecule is C[C@H](Cn1ccnc1)NC(=O)[C@@H]1Cc2ccccc2C(=O)O1. The molecule has 1 N–H and O–H groups in total. The highest BCUT2D eigenvalue weighted by atomic mass is 16.5. The number of hydrogen-bond acceptors (Lipinski definition) is 4. The molecular formula is C16H17N3O3. The molecule has 0 saturated heterocycles. The predicted molar refractivity (Wildman–Crippen MR) is 79.2 cm³/mol. The Morgan fingerprint density at radius 1 is 1.50 bits per heavy atom. The molecule has 6 heteroatoms. The molecule has 0 aliphatic carbocycles. The fraction of sp³-hybridized carbons (Fsp3) is 0.312. The lowest BCUT2D eigenvalue weighted by molar-refractivity contribution is -0.131. The van der Waals surface area contributed by atoms with E-state index in [9.17, 15) is 9.59 Å². The van der Waals surface area contributed by atoms with Crippen LogP contribution in [0.3, 0.4) is 0 Å². The van der Waals surface area contributed by atoms with Crippen LogP contribution in [0.15, 0.2) is 43.0 Å². The van der Waals surface area contributed by atoms with Crippen LogP contribution >= 0.6 is 0 Å². The number of carbonyl (C=O) groups is 2. The van der Waals surface area contributed by atoms with E-state index in [0.29, 0.717) is 18.5 Å². The highest BCUT2D eigenvalue weighted by Crippen LogP contribution is 2.20. The Labute approximate surface area is 128 Å². The second kappa shape index (κ2) is 6.01. The summed E-state index contributed by atoms with van der Waals surface area (Å²) in [4.78, 5) is 28.2. The number of amides is 1. The molecule has 0 spiro atoms. The van der Waals surface area contributed by atoms with Gasteiger partial charge in [-0.2, -0.15) is 0 Å². The van der Waals surface area contributed by atoms with Gasteiger partial charge in [-0.15, -0.1) is 0 Å². The van der Waals surface area contributed by atoms with Gasteiger partial charge in [0, 0.05) is 31.4 Å². The molecule has 2 atom stereocenters. The van der Waals surface area contributed by atoms with Crippen molar-refractivity contribution in [1.82, 2.24) is 14.9 Å². The van der Waals surface area contributed by atoms with Gasteiger partial charge in [0.05, 0.1) is 11.9 Å². The van der Waals surface area contributed by atoms with Gasteiger partial charge in [-0.05, 0) is 18.6 Å². The Morgan fingerprint density at radius 3 is 3.09 bits per heavy atom. The van der Waals surface area contributed by atoms with Crippen LogP contribution in [0.5, 0.6) is 0 Å². The number of hydrogen-bond donors (Lipinski definition) is 1. The summed E-state index contributed by atoms with van der Waals surface area (Å²) in [6.45, 7) is 2.51. The summed E-state index contributed by atoms with van der Waals surface area (Å²) >= 11 is 0. The molecule has 0 bridgehead atoms. The summed E-state index contributed by atoms with van der Waals surface area (Å²) in [6.07, 6.45) is 4.85. The van der Waals surface area contributed by atoms with Gasteiger partial charge in [-0.25, -0.2) is 9.78 Å². The van der Waals surface area contributed by atoms with Crippen molar-refractivity contribution in [2.24, 2.45) is 0 Å². The Kier molecular flexibility index (Phi) is 3.91. The highest BCUT2D eigenvalue weighted by Gasteiger charge is 2.31. The molecule has 2 aromatic rings. The number of fused-ring (bicyclic) bond motifs is 1. The Bertz CT molecular complexity index is 682. The van der Waals surface area contributed by atoms with Crippen LogP contribution in [0.25, 0.3) is 0 Å². The van der Waals surface area contributed by atoms with E-state index in [1.165, 1.54) is 0 Å². The predicted octanol–water partition coefficient (Wildman–Crippen LogP) is 1.17. The van der Waals surface area contributed by atoms with Gasteiger partial charge in [-0.1, -0.05) is 18.2 Å². The van der Waals surface area contributed by atoms with E-state index in [-0.39, 0.29) is 11.9 Å². The number of esters is 1. The summed E-state index contributed by atoms with van der Waals surface area (Å²) in [6, 6.07) is 7.12. The molecule has 0 fully saturated rings. The minimum Gasteiger partial charge on any atom is -0.448 e. The van der Waals surface area contributed by atoms with E-state index in [0.717, 1.165) is 5.56 Å². The lowest BCUT2D eigenvalue weighted by atomic mass is 9.98. The van der Waals surface area contributed by atoms with Crippen molar-refractivity contribution in [2.45, 2.75) is 32.0 Å². The summed E-state index contributed by atoms with van der Waals surface area (Å²) in [7, 11) is 0. The van der Waals surface area contributed by atoms with Crippen molar-refractivity contribution in [1.29, 1.82) is 0 Å². The number of imidazole rings is 1. The largest absolute Gasteiger partial charge is 0.448 e. The van der Waals surface area contributed by atoms with Gasteiger partial charge < -0.3 is 14.6 Å². The molecule has 22 heavy (non-hydrogen) atoms. The van der Waals surface area contributed by atoms with Crippen LogP contribution < -0.4 is 5.32 Å². The van der Waals surface area contributed by atoms with Gasteiger partial charge in [0.1, 0.15) is 0 Å².